The van der Waals surface area contributed by atoms with Crippen molar-refractivity contribution in [2.75, 3.05) is 33.3 Å². The lowest BCUT2D eigenvalue weighted by Crippen LogP contribution is -2.60. The molecule has 0 N–H and O–H groups in total. The van der Waals surface area contributed by atoms with Crippen LogP contribution in [-0.4, -0.2) is 63.1 Å². The number of morpholine rings is 1. The number of halogens is 1. The van der Waals surface area contributed by atoms with E-state index in [0.717, 1.165) is 13.0 Å². The standard InChI is InChI=1S/C15H21FN2O3S/c1-11-4-3-5-12(16)15(11)22(19,20)18-8-9-21-14-6-7-17(2)10-13(14)18/h3-5,13-14H,6-10H2,1-2H3. The molecule has 0 bridgehead atoms. The van der Waals surface area contributed by atoms with E-state index in [1.165, 1.54) is 16.4 Å². The molecular formula is C15H21FN2O3S. The Kier molecular flexibility index (Phi) is 4.24. The summed E-state index contributed by atoms with van der Waals surface area (Å²) in [5, 5.41) is 0. The average molecular weight is 328 g/mol. The van der Waals surface area contributed by atoms with Gasteiger partial charge >= 0.3 is 0 Å². The lowest BCUT2D eigenvalue weighted by Gasteiger charge is -2.45. The van der Waals surface area contributed by atoms with Gasteiger partial charge in [0.15, 0.2) is 0 Å². The molecule has 0 spiro atoms. The van der Waals surface area contributed by atoms with E-state index in [-0.39, 0.29) is 23.6 Å². The molecule has 2 unspecified atom stereocenters. The molecule has 2 atom stereocenters. The monoisotopic (exact) mass is 328 g/mol. The second-order valence-electron chi connectivity index (χ2n) is 6.03. The van der Waals surface area contributed by atoms with Crippen LogP contribution < -0.4 is 0 Å². The molecule has 22 heavy (non-hydrogen) atoms. The van der Waals surface area contributed by atoms with Gasteiger partial charge in [0.1, 0.15) is 10.7 Å². The third-order valence-corrected chi connectivity index (χ3v) is 6.57. The highest BCUT2D eigenvalue weighted by molar-refractivity contribution is 7.89. The highest BCUT2D eigenvalue weighted by atomic mass is 32.2. The van der Waals surface area contributed by atoms with Gasteiger partial charge in [-0.3, -0.25) is 0 Å². The van der Waals surface area contributed by atoms with Crippen LogP contribution in [0, 0.1) is 12.7 Å². The number of likely N-dealkylation sites (N-methyl/N-ethyl adjacent to an activating group) is 1. The fraction of sp³-hybridized carbons (Fsp3) is 0.600. The number of ether oxygens (including phenoxy) is 1. The van der Waals surface area contributed by atoms with E-state index < -0.39 is 15.8 Å². The highest BCUT2D eigenvalue weighted by Crippen LogP contribution is 2.30. The largest absolute Gasteiger partial charge is 0.375 e. The zero-order valence-corrected chi connectivity index (χ0v) is 13.6. The molecule has 2 aliphatic rings. The second-order valence-corrected chi connectivity index (χ2v) is 7.86. The van der Waals surface area contributed by atoms with Crippen molar-refractivity contribution >= 4 is 10.0 Å². The van der Waals surface area contributed by atoms with Gasteiger partial charge in [-0.05, 0) is 32.0 Å². The Morgan fingerprint density at radius 3 is 2.82 bits per heavy atom. The van der Waals surface area contributed by atoms with E-state index in [9.17, 15) is 12.8 Å². The minimum absolute atomic E-state index is 0.105. The smallest absolute Gasteiger partial charge is 0.246 e. The van der Waals surface area contributed by atoms with Gasteiger partial charge in [0, 0.05) is 19.6 Å². The number of rotatable bonds is 2. The minimum Gasteiger partial charge on any atom is -0.375 e. The molecule has 0 saturated carbocycles. The SMILES string of the molecule is Cc1cccc(F)c1S(=O)(=O)N1CCOC2CCN(C)CC21. The normalized spacial score (nSPS) is 27.6. The van der Waals surface area contributed by atoms with Gasteiger partial charge in [-0.25, -0.2) is 12.8 Å². The summed E-state index contributed by atoms with van der Waals surface area (Å²) in [5.41, 5.74) is 0.437. The van der Waals surface area contributed by atoms with Gasteiger partial charge in [0.05, 0.1) is 18.8 Å². The average Bonchev–Trinajstić information content (AvgIpc) is 2.46. The minimum atomic E-state index is -3.87. The lowest BCUT2D eigenvalue weighted by atomic mass is 10.0. The van der Waals surface area contributed by atoms with Crippen molar-refractivity contribution < 1.29 is 17.5 Å². The third-order valence-electron chi connectivity index (χ3n) is 4.47. The number of nitrogens with zero attached hydrogens (tertiary/aromatic N) is 2. The molecule has 1 aromatic rings. The van der Waals surface area contributed by atoms with Crippen molar-refractivity contribution in [1.29, 1.82) is 0 Å². The summed E-state index contributed by atoms with van der Waals surface area (Å²) in [5.74, 6) is -0.688. The fourth-order valence-corrected chi connectivity index (χ4v) is 5.26. The van der Waals surface area contributed by atoms with Crippen LogP contribution in [0.4, 0.5) is 4.39 Å². The summed E-state index contributed by atoms with van der Waals surface area (Å²) in [6.45, 7) is 3.74. The molecule has 2 heterocycles. The molecule has 2 aliphatic heterocycles. The summed E-state index contributed by atoms with van der Waals surface area (Å²) >= 11 is 0. The molecule has 7 heteroatoms. The van der Waals surface area contributed by atoms with Crippen LogP contribution in [0.2, 0.25) is 0 Å². The second kappa shape index (κ2) is 5.88. The number of benzene rings is 1. The molecular weight excluding hydrogens is 307 g/mol. The zero-order chi connectivity index (χ0) is 15.9. The maximum Gasteiger partial charge on any atom is 0.246 e. The first-order valence-corrected chi connectivity index (χ1v) is 8.92. The Balaban J connectivity index is 2.00. The molecule has 0 amide bonds. The van der Waals surface area contributed by atoms with Gasteiger partial charge in [-0.15, -0.1) is 0 Å². The number of hydrogen-bond acceptors (Lipinski definition) is 4. The van der Waals surface area contributed by atoms with Gasteiger partial charge in [0.25, 0.3) is 0 Å². The van der Waals surface area contributed by atoms with Crippen LogP contribution in [0.5, 0.6) is 0 Å². The van der Waals surface area contributed by atoms with Gasteiger partial charge in [0.2, 0.25) is 10.0 Å². The Hall–Kier alpha value is -1.02. The first-order valence-electron chi connectivity index (χ1n) is 7.48. The van der Waals surface area contributed by atoms with Crippen molar-refractivity contribution in [1.82, 2.24) is 9.21 Å². The molecule has 0 aromatic heterocycles. The summed E-state index contributed by atoms with van der Waals surface area (Å²) in [6, 6.07) is 4.10. The lowest BCUT2D eigenvalue weighted by molar-refractivity contribution is -0.0720. The number of hydrogen-bond donors (Lipinski definition) is 0. The first kappa shape index (κ1) is 15.9. The quantitative estimate of drug-likeness (QED) is 0.819. The molecule has 5 nitrogen and oxygen atoms in total. The van der Waals surface area contributed by atoms with E-state index in [4.69, 9.17) is 4.74 Å². The topological polar surface area (TPSA) is 49.9 Å². The van der Waals surface area contributed by atoms with Crippen LogP contribution in [0.1, 0.15) is 12.0 Å². The molecule has 122 valence electrons. The zero-order valence-electron chi connectivity index (χ0n) is 12.8. The molecule has 0 aliphatic carbocycles. The maximum absolute atomic E-state index is 14.2. The predicted molar refractivity (Wildman–Crippen MR) is 80.7 cm³/mol. The van der Waals surface area contributed by atoms with Crippen LogP contribution in [-0.2, 0) is 14.8 Å². The van der Waals surface area contributed by atoms with Crippen LogP contribution in [0.3, 0.4) is 0 Å². The summed E-state index contributed by atoms with van der Waals surface area (Å²) in [6.07, 6.45) is 0.690. The number of piperidine rings is 1. The van der Waals surface area contributed by atoms with Gasteiger partial charge < -0.3 is 9.64 Å². The molecule has 0 radical (unpaired) electrons. The highest BCUT2D eigenvalue weighted by Gasteiger charge is 2.43. The summed E-state index contributed by atoms with van der Waals surface area (Å²) in [7, 11) is -1.90. The van der Waals surface area contributed by atoms with E-state index in [1.807, 2.05) is 7.05 Å². The van der Waals surface area contributed by atoms with E-state index in [1.54, 1.807) is 13.0 Å². The van der Waals surface area contributed by atoms with Crippen molar-refractivity contribution in [2.45, 2.75) is 30.4 Å². The Labute approximate surface area is 130 Å². The van der Waals surface area contributed by atoms with Gasteiger partial charge in [-0.2, -0.15) is 4.31 Å². The molecule has 3 rings (SSSR count). The molecule has 2 saturated heterocycles. The first-order chi connectivity index (χ1) is 10.4. The van der Waals surface area contributed by atoms with Crippen molar-refractivity contribution in [3.05, 3.63) is 29.6 Å². The van der Waals surface area contributed by atoms with Crippen molar-refractivity contribution in [2.24, 2.45) is 0 Å². The number of likely N-dealkylation sites (tertiary alicyclic amines) is 1. The van der Waals surface area contributed by atoms with E-state index in [0.29, 0.717) is 18.7 Å². The third kappa shape index (κ3) is 2.67. The van der Waals surface area contributed by atoms with Crippen molar-refractivity contribution in [3.63, 3.8) is 0 Å². The fourth-order valence-electron chi connectivity index (χ4n) is 3.36. The maximum atomic E-state index is 14.2. The Bertz CT molecular complexity index is 645. The van der Waals surface area contributed by atoms with E-state index in [2.05, 4.69) is 4.90 Å². The number of sulfonamides is 1. The van der Waals surface area contributed by atoms with Crippen molar-refractivity contribution in [3.8, 4) is 0 Å². The van der Waals surface area contributed by atoms with Crippen LogP contribution >= 0.6 is 0 Å². The molecule has 2 fully saturated rings. The van der Waals surface area contributed by atoms with Crippen LogP contribution in [0.25, 0.3) is 0 Å². The van der Waals surface area contributed by atoms with Crippen LogP contribution in [0.15, 0.2) is 23.1 Å². The number of fused-ring (bicyclic) bond motifs is 1. The summed E-state index contributed by atoms with van der Waals surface area (Å²) < 4.78 is 47.3. The number of aryl methyl sites for hydroxylation is 1. The van der Waals surface area contributed by atoms with E-state index >= 15 is 0 Å². The predicted octanol–water partition coefficient (Wildman–Crippen LogP) is 1.23. The molecule has 1 aromatic carbocycles. The summed E-state index contributed by atoms with van der Waals surface area (Å²) in [4.78, 5) is 1.89. The van der Waals surface area contributed by atoms with Gasteiger partial charge in [-0.1, -0.05) is 12.1 Å². The Morgan fingerprint density at radius 1 is 1.32 bits per heavy atom. The Morgan fingerprint density at radius 2 is 2.09 bits per heavy atom.